The summed E-state index contributed by atoms with van der Waals surface area (Å²) in [4.78, 5) is 0.231. The molecule has 0 aromatic heterocycles. The predicted molar refractivity (Wildman–Crippen MR) is 122 cm³/mol. The summed E-state index contributed by atoms with van der Waals surface area (Å²) in [6, 6.07) is 11.7. The molecule has 162 valence electrons. The highest BCUT2D eigenvalue weighted by Crippen LogP contribution is 2.19. The van der Waals surface area contributed by atoms with Gasteiger partial charge in [0.25, 0.3) is 10.0 Å². The molecule has 0 saturated carbocycles. The molecule has 0 bridgehead atoms. The zero-order valence-electron chi connectivity index (χ0n) is 16.6. The van der Waals surface area contributed by atoms with E-state index in [0.29, 0.717) is 15.8 Å². The number of hydrogen-bond donors (Lipinski definition) is 3. The van der Waals surface area contributed by atoms with E-state index >= 15 is 0 Å². The molecule has 29 heavy (non-hydrogen) atoms. The van der Waals surface area contributed by atoms with Gasteiger partial charge in [-0.25, -0.2) is 13.6 Å². The summed E-state index contributed by atoms with van der Waals surface area (Å²) >= 11 is 2.61. The molecule has 0 heterocycles. The van der Waals surface area contributed by atoms with E-state index in [-0.39, 0.29) is 9.79 Å². The van der Waals surface area contributed by atoms with Gasteiger partial charge in [0.1, 0.15) is 4.38 Å². The van der Waals surface area contributed by atoms with Crippen LogP contribution in [0.3, 0.4) is 0 Å². The number of anilines is 2. The van der Waals surface area contributed by atoms with Gasteiger partial charge in [0, 0.05) is 11.4 Å². The minimum atomic E-state index is -3.61. The third-order valence-electron chi connectivity index (χ3n) is 2.93. The second-order valence-corrected chi connectivity index (χ2v) is 9.94. The van der Waals surface area contributed by atoms with E-state index in [4.69, 9.17) is 18.0 Å². The van der Waals surface area contributed by atoms with Crippen LogP contribution in [0.1, 0.15) is 1.37 Å². The summed E-state index contributed by atoms with van der Waals surface area (Å²) < 4.78 is 64.7. The Kier molecular flexibility index (Phi) is 11.0. The summed E-state index contributed by atoms with van der Waals surface area (Å²) in [6.07, 6.45) is 3.57. The van der Waals surface area contributed by atoms with E-state index in [1.54, 1.807) is 24.6 Å². The molecule has 0 aliphatic heterocycles. The number of alkyl halides is 1. The Labute approximate surface area is 180 Å². The number of benzene rings is 2. The summed E-state index contributed by atoms with van der Waals surface area (Å²) in [5, 5.41) is 4.84. The lowest BCUT2D eigenvalue weighted by Crippen LogP contribution is -2.11. The van der Waals surface area contributed by atoms with E-state index in [0.717, 1.165) is 0 Å². The zero-order valence-corrected chi connectivity index (χ0v) is 18.9. The molecule has 2 aromatic rings. The third-order valence-corrected chi connectivity index (χ3v) is 7.26. The highest BCUT2D eigenvalue weighted by molar-refractivity contribution is 8.38. The molecule has 2 rings (SSSR count). The van der Waals surface area contributed by atoms with Crippen molar-refractivity contribution < 1.29 is 22.6 Å². The van der Waals surface area contributed by atoms with Crippen LogP contribution in [-0.4, -0.2) is 40.9 Å². The van der Waals surface area contributed by atoms with E-state index < -0.39 is 27.2 Å². The number of nitrogens with zero attached hydrogens (tertiary/aromatic N) is 1. The molecule has 0 atom stereocenters. The Morgan fingerprint density at radius 3 is 1.55 bits per heavy atom. The quantitative estimate of drug-likeness (QED) is 0.341. The number of thioether (sulfide) groups is 2. The molecule has 2 aromatic carbocycles. The Morgan fingerprint density at radius 2 is 1.24 bits per heavy atom. The molecular weight excluding hydrogens is 459 g/mol. The smallest absolute Gasteiger partial charge is 0.283 e. The zero-order chi connectivity index (χ0) is 23.4. The lowest BCUT2D eigenvalue weighted by molar-refractivity contribution is 0.596. The van der Waals surface area contributed by atoms with Crippen LogP contribution < -0.4 is 16.6 Å². The van der Waals surface area contributed by atoms with E-state index in [2.05, 4.69) is 4.40 Å². The van der Waals surface area contributed by atoms with Crippen molar-refractivity contribution in [3.05, 3.63) is 48.5 Å². The van der Waals surface area contributed by atoms with Gasteiger partial charge in [-0.3, -0.25) is 4.39 Å². The average molecular weight is 484 g/mol. The minimum absolute atomic E-state index is 0.0756. The van der Waals surface area contributed by atoms with Crippen molar-refractivity contribution in [2.75, 3.05) is 31.1 Å². The standard InChI is InChI=1S/C9H12N2O2S3.C6H8N2O2S.CH3F/c1-14-9(15-2)11-16(12,13)8-5-3-7(10)4-6-8;7-5-1-3-6(4-2-5)11(8,9)10;1-2/h3-6H,10H2,1-2H3;1-4H,7H2,(H2,8,9,10);1H3/i;;1D. The maximum absolute atomic E-state index is 11.8. The molecule has 0 aliphatic carbocycles. The van der Waals surface area contributed by atoms with Gasteiger partial charge < -0.3 is 11.5 Å². The lowest BCUT2D eigenvalue weighted by Gasteiger charge is -2.01. The third kappa shape index (κ3) is 9.99. The second kappa shape index (κ2) is 12.7. The Balaban J connectivity index is 0.000000521. The number of nitrogen functional groups attached to an aromatic ring is 2. The van der Waals surface area contributed by atoms with E-state index in [1.165, 1.54) is 59.9 Å². The lowest BCUT2D eigenvalue weighted by atomic mass is 10.3. The number of rotatable bonds is 3. The van der Waals surface area contributed by atoms with E-state index in [1.807, 2.05) is 0 Å². The SMILES string of the molecule is CSC(=NS(=O)(=O)c1ccc(N)cc1)SC.Nc1ccc(S(N)(=O)=O)cc1.[2H]CF. The number of sulfonamides is 2. The maximum Gasteiger partial charge on any atom is 0.283 e. The van der Waals surface area contributed by atoms with Crippen molar-refractivity contribution in [2.24, 2.45) is 9.54 Å². The molecule has 0 radical (unpaired) electrons. The van der Waals surface area contributed by atoms with Crippen LogP contribution >= 0.6 is 23.5 Å². The summed E-state index contributed by atoms with van der Waals surface area (Å²) in [7, 11) is -8.18. The number of primary sulfonamides is 1. The molecule has 8 nitrogen and oxygen atoms in total. The monoisotopic (exact) mass is 483 g/mol. The van der Waals surface area contributed by atoms with Crippen LogP contribution in [0.25, 0.3) is 0 Å². The highest BCUT2D eigenvalue weighted by atomic mass is 32.2. The Morgan fingerprint density at radius 1 is 0.897 bits per heavy atom. The van der Waals surface area contributed by atoms with Crippen LogP contribution in [0.15, 0.2) is 62.7 Å². The van der Waals surface area contributed by atoms with Crippen molar-refractivity contribution in [3.8, 4) is 0 Å². The van der Waals surface area contributed by atoms with Gasteiger partial charge in [-0.2, -0.15) is 8.42 Å². The topological polar surface area (TPSA) is 159 Å². The van der Waals surface area contributed by atoms with Gasteiger partial charge in [-0.15, -0.1) is 27.9 Å². The fourth-order valence-corrected chi connectivity index (χ4v) is 4.75. The van der Waals surface area contributed by atoms with Gasteiger partial charge in [0.2, 0.25) is 10.0 Å². The molecule has 0 fully saturated rings. The van der Waals surface area contributed by atoms with Crippen LogP contribution in [0.5, 0.6) is 0 Å². The molecule has 0 aliphatic rings. The van der Waals surface area contributed by atoms with Crippen molar-refractivity contribution in [1.82, 2.24) is 0 Å². The van der Waals surface area contributed by atoms with Gasteiger partial charge in [-0.05, 0) is 61.0 Å². The fraction of sp³-hybridized carbons (Fsp3) is 0.188. The first-order valence-electron chi connectivity index (χ1n) is 8.14. The average Bonchev–Trinajstić information content (AvgIpc) is 2.67. The predicted octanol–water partition coefficient (Wildman–Crippen LogP) is 2.54. The van der Waals surface area contributed by atoms with Gasteiger partial charge in [0.05, 0.1) is 18.3 Å². The molecule has 6 N–H and O–H groups in total. The van der Waals surface area contributed by atoms with E-state index in [9.17, 15) is 21.2 Å². The first kappa shape index (κ1) is 25.2. The fourth-order valence-electron chi connectivity index (χ4n) is 1.61. The normalized spacial score (nSPS) is 11.1. The molecule has 0 amide bonds. The molecule has 0 unspecified atom stereocenters. The number of nitrogens with two attached hydrogens (primary N) is 3. The van der Waals surface area contributed by atoms with Gasteiger partial charge in [-0.1, -0.05) is 0 Å². The Bertz CT molecular complexity index is 1010. The molecule has 0 spiro atoms. The van der Waals surface area contributed by atoms with Crippen molar-refractivity contribution in [2.45, 2.75) is 9.79 Å². The second-order valence-electron chi connectivity index (χ2n) is 4.92. The first-order chi connectivity index (χ1) is 13.9. The highest BCUT2D eigenvalue weighted by Gasteiger charge is 2.13. The van der Waals surface area contributed by atoms with Crippen LogP contribution in [0, 0.1) is 0 Å². The summed E-state index contributed by atoms with van der Waals surface area (Å²) in [6.45, 7) is 0. The largest absolute Gasteiger partial charge is 0.399 e. The van der Waals surface area contributed by atoms with Crippen molar-refractivity contribution >= 4 is 59.3 Å². The molecular formula is C16H23FN4O4S4. The van der Waals surface area contributed by atoms with Crippen LogP contribution in [-0.2, 0) is 20.0 Å². The van der Waals surface area contributed by atoms with Crippen LogP contribution in [0.4, 0.5) is 15.8 Å². The molecule has 13 heteroatoms. The first-order valence-corrected chi connectivity index (χ1v) is 12.9. The van der Waals surface area contributed by atoms with Crippen molar-refractivity contribution in [3.63, 3.8) is 0 Å². The van der Waals surface area contributed by atoms with Gasteiger partial charge in [0.15, 0.2) is 0 Å². The van der Waals surface area contributed by atoms with Crippen LogP contribution in [0.2, 0.25) is 0 Å². The molecule has 0 saturated heterocycles. The van der Waals surface area contributed by atoms with Gasteiger partial charge >= 0.3 is 0 Å². The number of halogens is 1. The maximum atomic E-state index is 11.8. The summed E-state index contributed by atoms with van der Waals surface area (Å²) in [5.74, 6) is 0. The van der Waals surface area contributed by atoms with Crippen molar-refractivity contribution in [1.29, 1.82) is 0 Å². The number of hydrogen-bond acceptors (Lipinski definition) is 8. The Hall–Kier alpha value is -1.80. The minimum Gasteiger partial charge on any atom is -0.399 e. The summed E-state index contributed by atoms with van der Waals surface area (Å²) in [5.41, 5.74) is 11.9.